The molecule has 0 radical (unpaired) electrons. The van der Waals surface area contributed by atoms with Gasteiger partial charge in [0, 0.05) is 17.0 Å². The summed E-state index contributed by atoms with van der Waals surface area (Å²) >= 11 is 0. The monoisotopic (exact) mass is 326 g/mol. The Morgan fingerprint density at radius 3 is 2.86 bits per heavy atom. The Morgan fingerprint density at radius 1 is 1.18 bits per heavy atom. The summed E-state index contributed by atoms with van der Waals surface area (Å²) in [5.41, 5.74) is 1.90. The lowest BCUT2D eigenvalue weighted by Crippen LogP contribution is -2.36. The third kappa shape index (κ3) is 5.93. The molecule has 0 bridgehead atoms. The maximum absolute atomic E-state index is 12.4. The molecule has 2 aliphatic rings. The van der Waals surface area contributed by atoms with Gasteiger partial charge in [0.25, 0.3) is 0 Å². The summed E-state index contributed by atoms with van der Waals surface area (Å²) in [7, 11) is -2.45. The van der Waals surface area contributed by atoms with E-state index in [1.165, 1.54) is 5.41 Å². The highest BCUT2D eigenvalue weighted by atomic mass is 32.2. The molecule has 0 aromatic rings. The zero-order chi connectivity index (χ0) is 15.8. The Balaban J connectivity index is 1.88. The summed E-state index contributed by atoms with van der Waals surface area (Å²) < 4.78 is 21.6. The van der Waals surface area contributed by atoms with Gasteiger partial charge in [0.05, 0.1) is 0 Å². The molecule has 22 heavy (non-hydrogen) atoms. The van der Waals surface area contributed by atoms with Gasteiger partial charge >= 0.3 is 0 Å². The number of allylic oxidation sites excluding steroid dienone is 1. The van der Waals surface area contributed by atoms with Crippen molar-refractivity contribution in [2.24, 2.45) is 0 Å². The molecule has 1 fully saturated rings. The Hall–Kier alpha value is -1.14. The maximum Gasteiger partial charge on any atom is 0.247 e. The van der Waals surface area contributed by atoms with Crippen molar-refractivity contribution in [3.8, 4) is 0 Å². The van der Waals surface area contributed by atoms with Crippen LogP contribution in [0.2, 0.25) is 0 Å². The molecule has 1 saturated carbocycles. The second kappa shape index (κ2) is 9.10. The molecule has 124 valence electrons. The number of hydrogen-bond acceptors (Lipinski definition) is 4. The average molecular weight is 326 g/mol. The molecule has 1 unspecified atom stereocenters. The van der Waals surface area contributed by atoms with Gasteiger partial charge < -0.3 is 10.6 Å². The predicted molar refractivity (Wildman–Crippen MR) is 88.2 cm³/mol. The molecule has 1 aliphatic heterocycles. The van der Waals surface area contributed by atoms with Gasteiger partial charge in [-0.1, -0.05) is 11.6 Å². The minimum absolute atomic E-state index is 0.0641. The molecule has 1 heterocycles. The second-order valence-electron chi connectivity index (χ2n) is 6.05. The van der Waals surface area contributed by atoms with E-state index >= 15 is 0 Å². The second-order valence-corrected chi connectivity index (χ2v) is 6.87. The van der Waals surface area contributed by atoms with Gasteiger partial charge in [0.15, 0.2) is 10.7 Å². The highest BCUT2D eigenvalue weighted by Gasteiger charge is 2.19. The Morgan fingerprint density at radius 2 is 2.05 bits per heavy atom. The van der Waals surface area contributed by atoms with Crippen molar-refractivity contribution < 1.29 is 13.2 Å². The van der Waals surface area contributed by atoms with Crippen LogP contribution in [0, 0.1) is 0 Å². The predicted octanol–water partition coefficient (Wildman–Crippen LogP) is 1.63. The minimum Gasteiger partial charge on any atom is -0.350 e. The first-order chi connectivity index (χ1) is 10.6. The summed E-state index contributed by atoms with van der Waals surface area (Å²) in [5, 5.41) is 7.83. The summed E-state index contributed by atoms with van der Waals surface area (Å²) in [6, 6.07) is 0.160. The summed E-state index contributed by atoms with van der Waals surface area (Å²) in [6.07, 6.45) is 9.04. The molecular formula is C16H26N2O3S. The quantitative estimate of drug-likeness (QED) is 0.544. The fraction of sp³-hybridized carbons (Fsp3) is 0.688. The third-order valence-corrected chi connectivity index (χ3v) is 4.87. The van der Waals surface area contributed by atoms with Crippen LogP contribution < -0.4 is 10.6 Å². The van der Waals surface area contributed by atoms with Crippen LogP contribution in [0.1, 0.15) is 51.4 Å². The molecule has 0 aromatic carbocycles. The van der Waals surface area contributed by atoms with Crippen LogP contribution in [-0.2, 0) is 15.5 Å². The molecule has 0 saturated heterocycles. The van der Waals surface area contributed by atoms with Gasteiger partial charge in [0.2, 0.25) is 5.91 Å². The van der Waals surface area contributed by atoms with Gasteiger partial charge in [-0.3, -0.25) is 4.79 Å². The molecule has 0 spiro atoms. The van der Waals surface area contributed by atoms with E-state index < -0.39 is 10.7 Å². The number of nitrogens with one attached hydrogen (secondary N) is 2. The smallest absolute Gasteiger partial charge is 0.247 e. The minimum atomic E-state index is -2.45. The normalized spacial score (nSPS) is 28.3. The summed E-state index contributed by atoms with van der Waals surface area (Å²) in [6.45, 7) is 1.90. The number of carbonyl (C=O) groups is 1. The van der Waals surface area contributed by atoms with E-state index in [1.54, 1.807) is 0 Å². The lowest BCUT2D eigenvalue weighted by atomic mass is 10.0. The molecule has 2 rings (SSSR count). The van der Waals surface area contributed by atoms with Crippen LogP contribution >= 0.6 is 0 Å². The largest absolute Gasteiger partial charge is 0.350 e. The van der Waals surface area contributed by atoms with Crippen molar-refractivity contribution in [1.29, 1.82) is 0 Å². The number of thiol groups is 1. The fourth-order valence-electron chi connectivity index (χ4n) is 3.09. The first-order valence-electron chi connectivity index (χ1n) is 8.19. The Labute approximate surface area is 134 Å². The van der Waals surface area contributed by atoms with Crippen LogP contribution in [0.3, 0.4) is 0 Å². The molecule has 1 amide bonds. The molecule has 2 N–H and O–H groups in total. The van der Waals surface area contributed by atoms with Crippen LogP contribution in [-0.4, -0.2) is 33.5 Å². The van der Waals surface area contributed by atoms with Crippen LogP contribution in [0.5, 0.6) is 0 Å². The van der Waals surface area contributed by atoms with Crippen molar-refractivity contribution >= 4 is 16.6 Å². The fourth-order valence-corrected chi connectivity index (χ4v) is 3.65. The van der Waals surface area contributed by atoms with E-state index in [2.05, 4.69) is 10.6 Å². The summed E-state index contributed by atoms with van der Waals surface area (Å²) in [5.74, 6) is 0.0641. The highest BCUT2D eigenvalue weighted by molar-refractivity contribution is 7.75. The van der Waals surface area contributed by atoms with E-state index in [1.807, 2.05) is 6.08 Å². The van der Waals surface area contributed by atoms with Crippen molar-refractivity contribution in [1.82, 2.24) is 10.6 Å². The number of hydrogen-bond donors (Lipinski definition) is 3. The highest BCUT2D eigenvalue weighted by Crippen LogP contribution is 2.23. The number of amides is 1. The molecule has 6 heteroatoms. The molecular weight excluding hydrogens is 300 g/mol. The Kier molecular flexibility index (Phi) is 7.12. The van der Waals surface area contributed by atoms with E-state index in [9.17, 15) is 13.2 Å². The molecule has 0 aromatic heterocycles. The lowest BCUT2D eigenvalue weighted by Gasteiger charge is -2.18. The van der Waals surface area contributed by atoms with E-state index in [-0.39, 0.29) is 11.9 Å². The van der Waals surface area contributed by atoms with Crippen molar-refractivity contribution in [3.63, 3.8) is 0 Å². The van der Waals surface area contributed by atoms with Gasteiger partial charge in [-0.2, -0.15) is 0 Å². The van der Waals surface area contributed by atoms with Crippen LogP contribution in [0.4, 0.5) is 0 Å². The van der Waals surface area contributed by atoms with E-state index in [0.29, 0.717) is 0 Å². The lowest BCUT2D eigenvalue weighted by molar-refractivity contribution is -0.118. The van der Waals surface area contributed by atoms with Crippen LogP contribution in [0.25, 0.3) is 0 Å². The summed E-state index contributed by atoms with van der Waals surface area (Å²) in [4.78, 5) is 12.4. The zero-order valence-corrected chi connectivity index (χ0v) is 13.9. The van der Waals surface area contributed by atoms with E-state index in [0.717, 1.165) is 75.6 Å². The average Bonchev–Trinajstić information content (AvgIpc) is 2.63. The first kappa shape index (κ1) is 17.2. The number of carbonyl (C=O) groups excluding carboxylic acids is 1. The Bertz CT molecular complexity index is 515. The molecule has 5 nitrogen and oxygen atoms in total. The molecule has 1 atom stereocenters. The zero-order valence-electron chi connectivity index (χ0n) is 13.0. The maximum atomic E-state index is 12.4. The van der Waals surface area contributed by atoms with Gasteiger partial charge in [-0.05, 0) is 64.5 Å². The van der Waals surface area contributed by atoms with E-state index in [4.69, 9.17) is 0 Å². The number of rotatable bonds is 3. The van der Waals surface area contributed by atoms with Crippen LogP contribution in [0.15, 0.2) is 22.6 Å². The topological polar surface area (TPSA) is 75.3 Å². The SMILES string of the molecule is O=C(NC1CCC/C(=C/[SH](=O)=O)CC1)/C1=C\CCNCCC1. The van der Waals surface area contributed by atoms with Gasteiger partial charge in [0.1, 0.15) is 0 Å². The van der Waals surface area contributed by atoms with Gasteiger partial charge in [-0.15, -0.1) is 0 Å². The standard InChI is InChI=1S/C16H26N2O3S/c19-16(14-5-2-10-17-11-3-6-14)18-15-7-1-4-13(8-9-15)12-22(20)21/h5,12,15,17,22H,1-4,6-11H2,(H,18,19)/b13-12-,14-5-. The van der Waals surface area contributed by atoms with Crippen molar-refractivity contribution in [2.45, 2.75) is 57.4 Å². The third-order valence-electron chi connectivity index (χ3n) is 4.29. The van der Waals surface area contributed by atoms with Crippen molar-refractivity contribution in [3.05, 3.63) is 22.6 Å². The van der Waals surface area contributed by atoms with Crippen molar-refractivity contribution in [2.75, 3.05) is 13.1 Å². The van der Waals surface area contributed by atoms with Gasteiger partial charge in [-0.25, -0.2) is 8.42 Å². The molecule has 1 aliphatic carbocycles. The first-order valence-corrected chi connectivity index (χ1v) is 9.43.